The van der Waals surface area contributed by atoms with Crippen LogP contribution in [0.1, 0.15) is 41.1 Å². The second-order valence-corrected chi connectivity index (χ2v) is 9.00. The normalized spacial score (nSPS) is 15.3. The van der Waals surface area contributed by atoms with Crippen LogP contribution in [0.15, 0.2) is 72.8 Å². The Morgan fingerprint density at radius 2 is 1.68 bits per heavy atom. The summed E-state index contributed by atoms with van der Waals surface area (Å²) in [5.74, 6) is 1.82. The number of methoxy groups -OCH3 is 1. The monoisotopic (exact) mass is 476 g/mol. The van der Waals surface area contributed by atoms with Gasteiger partial charge in [0.1, 0.15) is 16.9 Å². The number of anilines is 2. The van der Waals surface area contributed by atoms with Crippen LogP contribution in [0.5, 0.6) is 11.5 Å². The number of amides is 2. The van der Waals surface area contributed by atoms with Crippen molar-refractivity contribution in [3.05, 3.63) is 83.9 Å². The molecule has 0 spiro atoms. The number of thioether (sulfide) groups is 1. The van der Waals surface area contributed by atoms with Gasteiger partial charge in [-0.25, -0.2) is 0 Å². The van der Waals surface area contributed by atoms with Crippen LogP contribution >= 0.6 is 11.8 Å². The molecule has 0 saturated carbocycles. The third-order valence-electron chi connectivity index (χ3n) is 5.56. The lowest BCUT2D eigenvalue weighted by Gasteiger charge is -2.24. The Kier molecular flexibility index (Phi) is 7.75. The lowest BCUT2D eigenvalue weighted by Crippen LogP contribution is -2.27. The maximum Gasteiger partial charge on any atom is 0.255 e. The predicted octanol–water partition coefficient (Wildman–Crippen LogP) is 5.91. The summed E-state index contributed by atoms with van der Waals surface area (Å²) in [4.78, 5) is 27.0. The zero-order valence-electron chi connectivity index (χ0n) is 19.3. The van der Waals surface area contributed by atoms with Gasteiger partial charge in [0.15, 0.2) is 0 Å². The molecule has 0 aliphatic carbocycles. The van der Waals surface area contributed by atoms with E-state index in [1.807, 2.05) is 65.6 Å². The number of rotatable bonds is 9. The summed E-state index contributed by atoms with van der Waals surface area (Å²) in [7, 11) is 1.62. The number of nitrogens with zero attached hydrogens (tertiary/aromatic N) is 1. The van der Waals surface area contributed by atoms with Crippen molar-refractivity contribution in [3.8, 4) is 11.5 Å². The molecule has 1 fully saturated rings. The van der Waals surface area contributed by atoms with E-state index in [0.717, 1.165) is 35.6 Å². The summed E-state index contributed by atoms with van der Waals surface area (Å²) in [5, 5.41) is 2.81. The molecule has 2 amide bonds. The quantitative estimate of drug-likeness (QED) is 0.389. The average molecular weight is 477 g/mol. The summed E-state index contributed by atoms with van der Waals surface area (Å²) in [6.45, 7) is 2.79. The molecule has 3 aromatic rings. The van der Waals surface area contributed by atoms with Crippen LogP contribution in [0.2, 0.25) is 0 Å². The van der Waals surface area contributed by atoms with Crippen molar-refractivity contribution in [3.63, 3.8) is 0 Å². The van der Waals surface area contributed by atoms with E-state index >= 15 is 0 Å². The molecule has 176 valence electrons. The number of hydrogen-bond acceptors (Lipinski definition) is 5. The van der Waals surface area contributed by atoms with Crippen molar-refractivity contribution in [2.75, 3.05) is 29.7 Å². The fraction of sp³-hybridized carbons (Fsp3) is 0.259. The van der Waals surface area contributed by atoms with Crippen LogP contribution in [0.25, 0.3) is 0 Å². The van der Waals surface area contributed by atoms with Crippen LogP contribution < -0.4 is 19.7 Å². The number of benzene rings is 3. The summed E-state index contributed by atoms with van der Waals surface area (Å²) in [6.07, 6.45) is 2.08. The molecule has 1 atom stereocenters. The zero-order chi connectivity index (χ0) is 23.9. The van der Waals surface area contributed by atoms with Gasteiger partial charge in [0.25, 0.3) is 5.91 Å². The van der Waals surface area contributed by atoms with Crippen LogP contribution in [0.3, 0.4) is 0 Å². The Morgan fingerprint density at radius 1 is 1.00 bits per heavy atom. The SMILES string of the molecule is CCCCOc1ccc(C(=O)Nc2ccc([C@H]3SCC(=O)N3c3ccc(OC)cc3)cc2)cc1. The molecule has 0 unspecified atom stereocenters. The largest absolute Gasteiger partial charge is 0.497 e. The molecule has 1 saturated heterocycles. The van der Waals surface area contributed by atoms with E-state index in [-0.39, 0.29) is 17.2 Å². The highest BCUT2D eigenvalue weighted by atomic mass is 32.2. The van der Waals surface area contributed by atoms with E-state index in [4.69, 9.17) is 9.47 Å². The fourth-order valence-electron chi connectivity index (χ4n) is 3.66. The molecule has 4 rings (SSSR count). The van der Waals surface area contributed by atoms with Crippen molar-refractivity contribution in [1.82, 2.24) is 0 Å². The molecule has 1 heterocycles. The van der Waals surface area contributed by atoms with Gasteiger partial charge in [-0.05, 0) is 72.6 Å². The summed E-state index contributed by atoms with van der Waals surface area (Å²) >= 11 is 1.59. The molecular formula is C27H28N2O4S. The molecule has 0 radical (unpaired) electrons. The Morgan fingerprint density at radius 3 is 2.32 bits per heavy atom. The molecule has 0 bridgehead atoms. The van der Waals surface area contributed by atoms with Gasteiger partial charge in [-0.3, -0.25) is 14.5 Å². The van der Waals surface area contributed by atoms with Crippen molar-refractivity contribution < 1.29 is 19.1 Å². The van der Waals surface area contributed by atoms with Crippen molar-refractivity contribution >= 4 is 35.0 Å². The van der Waals surface area contributed by atoms with Crippen molar-refractivity contribution in [2.45, 2.75) is 25.1 Å². The Labute approximate surface area is 204 Å². The second-order valence-electron chi connectivity index (χ2n) is 7.93. The third-order valence-corrected chi connectivity index (χ3v) is 6.77. The first-order chi connectivity index (χ1) is 16.6. The summed E-state index contributed by atoms with van der Waals surface area (Å²) in [6, 6.07) is 22.3. The molecule has 7 heteroatoms. The number of ether oxygens (including phenoxy) is 2. The molecule has 1 aliphatic heterocycles. The van der Waals surface area contributed by atoms with Gasteiger partial charge in [0.05, 0.1) is 19.5 Å². The first-order valence-electron chi connectivity index (χ1n) is 11.3. The van der Waals surface area contributed by atoms with Gasteiger partial charge in [0.2, 0.25) is 5.91 Å². The van der Waals surface area contributed by atoms with Gasteiger partial charge in [0, 0.05) is 16.9 Å². The molecular weight excluding hydrogens is 448 g/mol. The van der Waals surface area contributed by atoms with E-state index in [1.54, 1.807) is 31.0 Å². The minimum absolute atomic E-state index is 0.0691. The molecule has 6 nitrogen and oxygen atoms in total. The first-order valence-corrected chi connectivity index (χ1v) is 12.4. The van der Waals surface area contributed by atoms with E-state index in [2.05, 4.69) is 12.2 Å². The Bertz CT molecular complexity index is 1110. The van der Waals surface area contributed by atoms with Crippen molar-refractivity contribution in [1.29, 1.82) is 0 Å². The average Bonchev–Trinajstić information content (AvgIpc) is 3.26. The molecule has 3 aromatic carbocycles. The minimum Gasteiger partial charge on any atom is -0.497 e. The maximum atomic E-state index is 12.6. The molecule has 1 aliphatic rings. The second kappa shape index (κ2) is 11.1. The number of unbranched alkanes of at least 4 members (excludes halogenated alkanes) is 1. The standard InChI is InChI=1S/C27H28N2O4S/c1-3-4-17-33-24-13-7-19(8-14-24)26(31)28-21-9-5-20(6-10-21)27-29(25(30)18-34-27)22-11-15-23(32-2)16-12-22/h5-16,27H,3-4,17-18H2,1-2H3,(H,28,31)/t27-/m1/s1. The number of hydrogen-bond donors (Lipinski definition) is 1. The topological polar surface area (TPSA) is 67.9 Å². The molecule has 34 heavy (non-hydrogen) atoms. The highest BCUT2D eigenvalue weighted by Crippen LogP contribution is 2.42. The number of carbonyl (C=O) groups excluding carboxylic acids is 2. The smallest absolute Gasteiger partial charge is 0.255 e. The van der Waals surface area contributed by atoms with Crippen molar-refractivity contribution in [2.24, 2.45) is 0 Å². The lowest BCUT2D eigenvalue weighted by atomic mass is 10.1. The minimum atomic E-state index is -0.182. The van der Waals surface area contributed by atoms with Gasteiger partial charge in [-0.1, -0.05) is 25.5 Å². The van der Waals surface area contributed by atoms with Gasteiger partial charge >= 0.3 is 0 Å². The first kappa shape index (κ1) is 23.7. The van der Waals surface area contributed by atoms with Gasteiger partial charge < -0.3 is 14.8 Å². The summed E-state index contributed by atoms with van der Waals surface area (Å²) in [5.41, 5.74) is 3.09. The van der Waals surface area contributed by atoms with Crippen LogP contribution in [-0.4, -0.2) is 31.3 Å². The number of nitrogens with one attached hydrogen (secondary N) is 1. The van der Waals surface area contributed by atoms with Crippen LogP contribution in [-0.2, 0) is 4.79 Å². The van der Waals surface area contributed by atoms with Gasteiger partial charge in [-0.15, -0.1) is 11.8 Å². The van der Waals surface area contributed by atoms with Crippen LogP contribution in [0.4, 0.5) is 11.4 Å². The molecule has 1 N–H and O–H groups in total. The third kappa shape index (κ3) is 5.54. The van der Waals surface area contributed by atoms with E-state index < -0.39 is 0 Å². The Hall–Kier alpha value is -3.45. The highest BCUT2D eigenvalue weighted by molar-refractivity contribution is 8.00. The van der Waals surface area contributed by atoms with Gasteiger partial charge in [-0.2, -0.15) is 0 Å². The fourth-order valence-corrected chi connectivity index (χ4v) is 4.84. The van der Waals surface area contributed by atoms with E-state index in [0.29, 0.717) is 23.6 Å². The number of carbonyl (C=O) groups is 2. The van der Waals surface area contributed by atoms with E-state index in [1.165, 1.54) is 0 Å². The lowest BCUT2D eigenvalue weighted by molar-refractivity contribution is -0.115. The predicted molar refractivity (Wildman–Crippen MR) is 137 cm³/mol. The highest BCUT2D eigenvalue weighted by Gasteiger charge is 2.34. The summed E-state index contributed by atoms with van der Waals surface area (Å²) < 4.78 is 10.9. The Balaban J connectivity index is 1.41. The van der Waals surface area contributed by atoms with Crippen LogP contribution in [0, 0.1) is 0 Å². The maximum absolute atomic E-state index is 12.6. The molecule has 0 aromatic heterocycles. The zero-order valence-corrected chi connectivity index (χ0v) is 20.1. The van der Waals surface area contributed by atoms with E-state index in [9.17, 15) is 9.59 Å².